The van der Waals surface area contributed by atoms with E-state index in [1.54, 1.807) is 11.3 Å². The molecule has 50 heavy (non-hydrogen) atoms. The van der Waals surface area contributed by atoms with Gasteiger partial charge in [0.25, 0.3) is 0 Å². The maximum absolute atomic E-state index is 5.52. The van der Waals surface area contributed by atoms with Gasteiger partial charge in [0.15, 0.2) is 0 Å². The van der Waals surface area contributed by atoms with Gasteiger partial charge in [-0.15, -0.1) is 22.7 Å². The molecule has 0 N–H and O–H groups in total. The highest BCUT2D eigenvalue weighted by molar-refractivity contribution is 7.26. The maximum Gasteiger partial charge on any atom is 0.143 e. The van der Waals surface area contributed by atoms with Crippen LogP contribution in [0.2, 0.25) is 0 Å². The van der Waals surface area contributed by atoms with Crippen LogP contribution in [0.5, 0.6) is 0 Å². The van der Waals surface area contributed by atoms with Crippen LogP contribution in [-0.4, -0.2) is 9.97 Å². The quantitative estimate of drug-likeness (QED) is 0.175. The zero-order valence-corrected chi connectivity index (χ0v) is 28.4. The van der Waals surface area contributed by atoms with Crippen molar-refractivity contribution in [2.75, 3.05) is 0 Å². The number of hydrogen-bond acceptors (Lipinski definition) is 4. The summed E-state index contributed by atoms with van der Waals surface area (Å²) in [5.74, 6) is 0. The lowest BCUT2D eigenvalue weighted by molar-refractivity contribution is 1.32. The van der Waals surface area contributed by atoms with Gasteiger partial charge in [0.05, 0.1) is 11.4 Å². The van der Waals surface area contributed by atoms with Crippen LogP contribution in [0.3, 0.4) is 0 Å². The van der Waals surface area contributed by atoms with Gasteiger partial charge in [-0.25, -0.2) is 9.97 Å². The molecule has 0 spiro atoms. The monoisotopic (exact) mass is 670 g/mol. The summed E-state index contributed by atoms with van der Waals surface area (Å²) in [5.41, 5.74) is 7.32. The topological polar surface area (TPSA) is 25.8 Å². The van der Waals surface area contributed by atoms with Gasteiger partial charge in [0.1, 0.15) is 10.3 Å². The molecule has 3 aromatic heterocycles. The molecule has 0 fully saturated rings. The van der Waals surface area contributed by atoms with Crippen LogP contribution < -0.4 is 0 Å². The number of benzene rings is 8. The Hall–Kier alpha value is -5.94. The number of aromatic nitrogens is 2. The Balaban J connectivity index is 1.24. The molecule has 0 saturated heterocycles. The first kappa shape index (κ1) is 28.0. The summed E-state index contributed by atoms with van der Waals surface area (Å²) in [5, 5.41) is 11.2. The first-order valence-electron chi connectivity index (χ1n) is 16.8. The van der Waals surface area contributed by atoms with Crippen molar-refractivity contribution in [1.29, 1.82) is 0 Å². The van der Waals surface area contributed by atoms with Gasteiger partial charge in [0.2, 0.25) is 0 Å². The zero-order valence-electron chi connectivity index (χ0n) is 26.7. The Morgan fingerprint density at radius 1 is 0.360 bits per heavy atom. The number of fused-ring (bicyclic) bond motifs is 11. The highest BCUT2D eigenvalue weighted by Crippen LogP contribution is 2.46. The van der Waals surface area contributed by atoms with Gasteiger partial charge < -0.3 is 0 Å². The van der Waals surface area contributed by atoms with Crippen molar-refractivity contribution in [2.24, 2.45) is 0 Å². The lowest BCUT2D eigenvalue weighted by Gasteiger charge is -2.15. The third-order valence-corrected chi connectivity index (χ3v) is 12.2. The molecule has 2 nitrogen and oxygen atoms in total. The van der Waals surface area contributed by atoms with Gasteiger partial charge in [-0.05, 0) is 73.8 Å². The number of thiophene rings is 2. The van der Waals surface area contributed by atoms with E-state index in [9.17, 15) is 0 Å². The average Bonchev–Trinajstić information content (AvgIpc) is 3.74. The minimum atomic E-state index is 0.902. The molecule has 11 aromatic rings. The standard InChI is InChI=1S/C46H26N2S2/c1-2-10-27(11-3-1)28-18-20-30(21-19-28)43-44(48-46-45(47-43)34-16-8-9-17-39(34)50-46)37-24-31-13-5-6-14-32(31)35-25-38-41(26-36(35)37)49-40-23-22-29-12-4-7-15-33(29)42(38)40/h1-26H. The molecule has 0 aliphatic carbocycles. The molecule has 0 amide bonds. The van der Waals surface area contributed by atoms with Gasteiger partial charge in [0, 0.05) is 41.4 Å². The Morgan fingerprint density at radius 3 is 1.92 bits per heavy atom. The van der Waals surface area contributed by atoms with Gasteiger partial charge in [-0.2, -0.15) is 0 Å². The summed E-state index contributed by atoms with van der Waals surface area (Å²) < 4.78 is 3.79. The van der Waals surface area contributed by atoms with Crippen molar-refractivity contribution in [2.45, 2.75) is 0 Å². The van der Waals surface area contributed by atoms with E-state index in [1.165, 1.54) is 68.3 Å². The molecule has 0 aliphatic heterocycles. The maximum atomic E-state index is 5.52. The van der Waals surface area contributed by atoms with Gasteiger partial charge in [-0.3, -0.25) is 0 Å². The van der Waals surface area contributed by atoms with Crippen LogP contribution in [0.1, 0.15) is 0 Å². The van der Waals surface area contributed by atoms with E-state index in [1.807, 2.05) is 11.3 Å². The highest BCUT2D eigenvalue weighted by Gasteiger charge is 2.21. The smallest absolute Gasteiger partial charge is 0.143 e. The second kappa shape index (κ2) is 10.8. The third kappa shape index (κ3) is 4.19. The van der Waals surface area contributed by atoms with Crippen LogP contribution in [0.15, 0.2) is 158 Å². The fourth-order valence-electron chi connectivity index (χ4n) is 7.70. The molecule has 0 atom stereocenters. The summed E-state index contributed by atoms with van der Waals surface area (Å²) in [6.07, 6.45) is 0. The molecule has 3 heterocycles. The lowest BCUT2D eigenvalue weighted by Crippen LogP contribution is -1.95. The van der Waals surface area contributed by atoms with Crippen LogP contribution in [0, 0.1) is 0 Å². The Kier molecular flexibility index (Phi) is 6.03. The predicted octanol–water partition coefficient (Wildman–Crippen LogP) is 13.7. The number of rotatable bonds is 3. The molecule has 0 aliphatic rings. The normalized spacial score (nSPS) is 12.0. The van der Waals surface area contributed by atoms with Crippen molar-refractivity contribution in [3.63, 3.8) is 0 Å². The van der Waals surface area contributed by atoms with Gasteiger partial charge >= 0.3 is 0 Å². The van der Waals surface area contributed by atoms with Crippen molar-refractivity contribution < 1.29 is 0 Å². The van der Waals surface area contributed by atoms with E-state index in [2.05, 4.69) is 158 Å². The third-order valence-electron chi connectivity index (χ3n) is 10.1. The molecule has 8 aromatic carbocycles. The van der Waals surface area contributed by atoms with E-state index in [-0.39, 0.29) is 0 Å². The van der Waals surface area contributed by atoms with E-state index in [0.717, 1.165) is 38.2 Å². The largest absolute Gasteiger partial charge is 0.242 e. The molecule has 0 saturated carbocycles. The summed E-state index contributed by atoms with van der Waals surface area (Å²) >= 11 is 3.59. The Bertz CT molecular complexity index is 3140. The first-order chi connectivity index (χ1) is 24.8. The Morgan fingerprint density at radius 2 is 1.06 bits per heavy atom. The molecule has 11 rings (SSSR count). The molecule has 0 bridgehead atoms. The Labute approximate surface area is 295 Å². The van der Waals surface area contributed by atoms with Crippen molar-refractivity contribution in [3.8, 4) is 33.6 Å². The van der Waals surface area contributed by atoms with Crippen molar-refractivity contribution in [1.82, 2.24) is 9.97 Å². The average molecular weight is 671 g/mol. The lowest BCUT2D eigenvalue weighted by atomic mass is 9.92. The molecule has 232 valence electrons. The number of hydrogen-bond donors (Lipinski definition) is 0. The van der Waals surface area contributed by atoms with Gasteiger partial charge in [-0.1, -0.05) is 127 Å². The van der Waals surface area contributed by atoms with Crippen LogP contribution in [0.4, 0.5) is 0 Å². The molecular weight excluding hydrogens is 645 g/mol. The summed E-state index contributed by atoms with van der Waals surface area (Å²) in [7, 11) is 0. The van der Waals surface area contributed by atoms with E-state index in [4.69, 9.17) is 9.97 Å². The summed E-state index contributed by atoms with van der Waals surface area (Å²) in [6, 6.07) is 57.1. The van der Waals surface area contributed by atoms with Crippen LogP contribution in [-0.2, 0) is 0 Å². The first-order valence-corrected chi connectivity index (χ1v) is 18.5. The van der Waals surface area contributed by atoms with Crippen molar-refractivity contribution in [3.05, 3.63) is 158 Å². The minimum absolute atomic E-state index is 0.902. The van der Waals surface area contributed by atoms with E-state index < -0.39 is 0 Å². The minimum Gasteiger partial charge on any atom is -0.242 e. The summed E-state index contributed by atoms with van der Waals surface area (Å²) in [6.45, 7) is 0. The van der Waals surface area contributed by atoms with E-state index in [0.29, 0.717) is 0 Å². The summed E-state index contributed by atoms with van der Waals surface area (Å²) in [4.78, 5) is 12.0. The van der Waals surface area contributed by atoms with E-state index >= 15 is 0 Å². The SMILES string of the molecule is c1ccc(-c2ccc(-c3nc4c(nc3-c3cc5ccccc5c5cc6c(cc35)sc3ccc5ccccc5c36)sc3ccccc34)cc2)cc1. The molecule has 4 heteroatoms. The fraction of sp³-hybridized carbons (Fsp3) is 0. The van der Waals surface area contributed by atoms with Crippen LogP contribution in [0.25, 0.3) is 107 Å². The number of nitrogens with zero attached hydrogens (tertiary/aromatic N) is 2. The molecule has 0 unspecified atom stereocenters. The second-order valence-electron chi connectivity index (χ2n) is 12.9. The van der Waals surface area contributed by atoms with Crippen LogP contribution >= 0.6 is 22.7 Å². The zero-order chi connectivity index (χ0) is 32.8. The molecular formula is C46H26N2S2. The van der Waals surface area contributed by atoms with Crippen molar-refractivity contribution >= 4 is 95.6 Å². The fourth-order valence-corrected chi connectivity index (χ4v) is 9.86. The molecule has 0 radical (unpaired) electrons. The highest BCUT2D eigenvalue weighted by atomic mass is 32.1. The second-order valence-corrected chi connectivity index (χ2v) is 15.0. The predicted molar refractivity (Wildman–Crippen MR) is 217 cm³/mol.